The summed E-state index contributed by atoms with van der Waals surface area (Å²) in [5.41, 5.74) is 0.355. The van der Waals surface area contributed by atoms with Crippen LogP contribution in [0.2, 0.25) is 0 Å². The molecule has 0 radical (unpaired) electrons. The Bertz CT molecular complexity index is 742. The summed E-state index contributed by atoms with van der Waals surface area (Å²) in [5.74, 6) is 0.150. The van der Waals surface area contributed by atoms with E-state index < -0.39 is 11.4 Å². The second-order valence-corrected chi connectivity index (χ2v) is 12.8. The number of halogens is 5. The highest BCUT2D eigenvalue weighted by Crippen LogP contribution is 2.22. The molecule has 0 saturated carbocycles. The number of Topliss-reactive ketones (excluding diaryl/α,β-unsaturated/α-hetero) is 1. The van der Waals surface area contributed by atoms with E-state index in [0.29, 0.717) is 11.3 Å². The van der Waals surface area contributed by atoms with Crippen molar-refractivity contribution >= 4 is 85.1 Å². The topological polar surface area (TPSA) is 63.6 Å². The number of esters is 1. The number of ketones is 1. The number of phenolic OH excluding ortho intramolecular Hbond substituents is 1. The summed E-state index contributed by atoms with van der Waals surface area (Å²) in [4.78, 5) is 21.3. The molecule has 0 aromatic heterocycles. The van der Waals surface area contributed by atoms with Crippen molar-refractivity contribution in [2.24, 2.45) is 0 Å². The first-order valence-electron chi connectivity index (χ1n) is 6.88. The second-order valence-electron chi connectivity index (χ2n) is 4.52. The van der Waals surface area contributed by atoms with E-state index in [0.717, 1.165) is 8.95 Å². The Hall–Kier alpha value is -0.258. The molecule has 10 heteroatoms. The first-order chi connectivity index (χ1) is 12.0. The molecule has 0 aliphatic heterocycles. The summed E-state index contributed by atoms with van der Waals surface area (Å²) in [6.45, 7) is 2.80. The lowest BCUT2D eigenvalue weighted by Crippen LogP contribution is -2.00. The van der Waals surface area contributed by atoms with Crippen LogP contribution in [0.5, 0.6) is 11.5 Å². The van der Waals surface area contributed by atoms with E-state index in [1.807, 2.05) is 12.1 Å². The number of hydrogen-bond donors (Lipinski definition) is 1. The second kappa shape index (κ2) is 13.8. The van der Waals surface area contributed by atoms with Crippen LogP contribution in [-0.4, -0.2) is 28.2 Å². The number of carbonyl (C=O) groups excluding carboxylic acids is 2. The molecule has 0 amide bonds. The summed E-state index contributed by atoms with van der Waals surface area (Å²) < 4.78 is 6.49. The van der Waals surface area contributed by atoms with E-state index in [9.17, 15) is 14.7 Å². The Morgan fingerprint density at radius 3 is 1.96 bits per heavy atom. The summed E-state index contributed by atoms with van der Waals surface area (Å²) >= 11 is 4.71. The fraction of sp³-hybridized carbons (Fsp3) is 0.125. The van der Waals surface area contributed by atoms with Crippen LogP contribution in [0.15, 0.2) is 51.4 Å². The van der Waals surface area contributed by atoms with Gasteiger partial charge in [0.25, 0.3) is 0 Å². The van der Waals surface area contributed by atoms with Gasteiger partial charge in [-0.15, -0.1) is 0 Å². The molecule has 4 nitrogen and oxygen atoms in total. The van der Waals surface area contributed by atoms with Crippen molar-refractivity contribution < 1.29 is 19.4 Å². The SMILES string of the molecule is CC(=O)Oc1cccc(Br)c1.CC(=O)c1ccc(Br)cc1O.[Cl][Al]([Cl])[Cl]. The van der Waals surface area contributed by atoms with E-state index in [4.69, 9.17) is 34.9 Å². The third-order valence-electron chi connectivity index (χ3n) is 2.40. The molecule has 0 heterocycles. The lowest BCUT2D eigenvalue weighted by atomic mass is 10.1. The largest absolute Gasteiger partial charge is 0.643 e. The highest BCUT2D eigenvalue weighted by molar-refractivity contribution is 9.10. The quantitative estimate of drug-likeness (QED) is 0.198. The third kappa shape index (κ3) is 13.0. The molecule has 0 bridgehead atoms. The Morgan fingerprint density at radius 1 is 1.00 bits per heavy atom. The van der Waals surface area contributed by atoms with Gasteiger partial charge in [-0.25, -0.2) is 30.1 Å². The smallest absolute Gasteiger partial charge is 0.507 e. The van der Waals surface area contributed by atoms with Gasteiger partial charge in [0, 0.05) is 15.9 Å². The van der Waals surface area contributed by atoms with Crippen LogP contribution < -0.4 is 4.74 Å². The molecule has 26 heavy (non-hydrogen) atoms. The minimum absolute atomic E-state index is 0.0203. The van der Waals surface area contributed by atoms with E-state index in [1.54, 1.807) is 24.3 Å². The number of hydrogen-bond acceptors (Lipinski definition) is 4. The summed E-state index contributed by atoms with van der Waals surface area (Å²) in [6, 6.07) is 11.9. The lowest BCUT2D eigenvalue weighted by Gasteiger charge is -1.99. The molecule has 0 atom stereocenters. The average Bonchev–Trinajstić information content (AvgIpc) is 2.46. The third-order valence-corrected chi connectivity index (χ3v) is 3.38. The molecule has 0 spiro atoms. The van der Waals surface area contributed by atoms with Gasteiger partial charge in [0.1, 0.15) is 11.5 Å². The van der Waals surface area contributed by atoms with Crippen LogP contribution >= 0.6 is 62.0 Å². The van der Waals surface area contributed by atoms with Gasteiger partial charge in [-0.3, -0.25) is 9.59 Å². The molecule has 0 aliphatic rings. The number of ether oxygens (including phenoxy) is 1. The van der Waals surface area contributed by atoms with Crippen molar-refractivity contribution in [1.82, 2.24) is 0 Å². The van der Waals surface area contributed by atoms with Crippen LogP contribution in [0.3, 0.4) is 0 Å². The number of phenols is 1. The van der Waals surface area contributed by atoms with Gasteiger partial charge >= 0.3 is 17.4 Å². The van der Waals surface area contributed by atoms with Crippen molar-refractivity contribution in [3.05, 3.63) is 57.0 Å². The molecule has 0 fully saturated rings. The maximum absolute atomic E-state index is 10.8. The minimum atomic E-state index is -1.72. The number of rotatable bonds is 2. The standard InChI is InChI=1S/2C8H7BrO2.Al.3ClH/c1-5(10)7-3-2-6(9)4-8(7)11;1-6(10)11-8-4-2-3-7(9)5-8;;;;/h2-4,11H,1H3;2-5H,1H3;;3*1H/q;;+3;;;/p-3. The van der Waals surface area contributed by atoms with E-state index in [2.05, 4.69) is 31.9 Å². The fourth-order valence-corrected chi connectivity index (χ4v) is 2.23. The van der Waals surface area contributed by atoms with E-state index in [-0.39, 0.29) is 17.5 Å². The van der Waals surface area contributed by atoms with Gasteiger partial charge in [0.2, 0.25) is 0 Å². The maximum atomic E-state index is 10.8. The van der Waals surface area contributed by atoms with Crippen LogP contribution in [-0.2, 0) is 4.79 Å². The molecule has 0 saturated heterocycles. The van der Waals surface area contributed by atoms with Gasteiger partial charge in [-0.05, 0) is 43.3 Å². The molecule has 140 valence electrons. The average molecular weight is 563 g/mol. The molecular formula is C16H14AlBr2Cl3O4. The van der Waals surface area contributed by atoms with Gasteiger partial charge in [0.05, 0.1) is 5.56 Å². The normalized spacial score (nSPS) is 9.04. The van der Waals surface area contributed by atoms with Crippen LogP contribution in [0, 0.1) is 0 Å². The first-order valence-corrected chi connectivity index (χ1v) is 13.7. The van der Waals surface area contributed by atoms with Gasteiger partial charge in [0.15, 0.2) is 5.78 Å². The Balaban J connectivity index is 0.000000401. The van der Waals surface area contributed by atoms with Crippen molar-refractivity contribution in [2.75, 3.05) is 0 Å². The molecule has 0 aliphatic carbocycles. The van der Waals surface area contributed by atoms with Crippen molar-refractivity contribution in [3.63, 3.8) is 0 Å². The minimum Gasteiger partial charge on any atom is -0.507 e. The van der Waals surface area contributed by atoms with Crippen LogP contribution in [0.4, 0.5) is 0 Å². The van der Waals surface area contributed by atoms with E-state index >= 15 is 0 Å². The Kier molecular flexibility index (Phi) is 13.7. The molecule has 0 unspecified atom stereocenters. The van der Waals surface area contributed by atoms with Crippen molar-refractivity contribution in [2.45, 2.75) is 13.8 Å². The summed E-state index contributed by atoms with van der Waals surface area (Å²) in [5, 5.41) is 9.21. The van der Waals surface area contributed by atoms with Crippen LogP contribution in [0.25, 0.3) is 0 Å². The molecule has 2 rings (SSSR count). The van der Waals surface area contributed by atoms with Gasteiger partial charge in [-0.1, -0.05) is 37.9 Å². The number of carbonyl (C=O) groups is 2. The van der Waals surface area contributed by atoms with Crippen LogP contribution in [0.1, 0.15) is 24.2 Å². The number of aromatic hydroxyl groups is 1. The lowest BCUT2D eigenvalue weighted by molar-refractivity contribution is -0.131. The zero-order chi connectivity index (χ0) is 20.3. The molecular weight excluding hydrogens is 549 g/mol. The Labute approximate surface area is 185 Å². The highest BCUT2D eigenvalue weighted by atomic mass is 79.9. The maximum Gasteiger partial charge on any atom is 0.643 e. The monoisotopic (exact) mass is 560 g/mol. The zero-order valence-electron chi connectivity index (χ0n) is 13.7. The summed E-state index contributed by atoms with van der Waals surface area (Å²) in [7, 11) is 14.8. The Morgan fingerprint density at radius 2 is 1.54 bits per heavy atom. The van der Waals surface area contributed by atoms with Crippen molar-refractivity contribution in [3.8, 4) is 11.5 Å². The highest BCUT2D eigenvalue weighted by Gasteiger charge is 2.05. The molecule has 1 N–H and O–H groups in total. The number of benzene rings is 2. The fourth-order valence-electron chi connectivity index (χ4n) is 1.50. The zero-order valence-corrected chi connectivity index (χ0v) is 20.3. The predicted octanol–water partition coefficient (Wildman–Crippen LogP) is 6.42. The predicted molar refractivity (Wildman–Crippen MR) is 115 cm³/mol. The molecule has 2 aromatic rings. The molecule has 2 aromatic carbocycles. The van der Waals surface area contributed by atoms with Gasteiger partial charge < -0.3 is 9.84 Å². The first kappa shape index (κ1) is 25.7. The van der Waals surface area contributed by atoms with Crippen molar-refractivity contribution in [1.29, 1.82) is 0 Å². The van der Waals surface area contributed by atoms with E-state index in [1.165, 1.54) is 19.9 Å². The van der Waals surface area contributed by atoms with Gasteiger partial charge in [-0.2, -0.15) is 0 Å². The summed E-state index contributed by atoms with van der Waals surface area (Å²) in [6.07, 6.45) is 0.